The molecule has 0 spiro atoms. The zero-order chi connectivity index (χ0) is 20.4. The number of cyclic esters (lactones) is 1. The van der Waals surface area contributed by atoms with Crippen molar-refractivity contribution in [3.05, 3.63) is 71.5 Å². The van der Waals surface area contributed by atoms with E-state index >= 15 is 0 Å². The maximum atomic E-state index is 14.4. The number of amides is 2. The summed E-state index contributed by atoms with van der Waals surface area (Å²) in [6, 6.07) is 15.4. The lowest BCUT2D eigenvalue weighted by Crippen LogP contribution is -2.46. The molecule has 150 valence electrons. The van der Waals surface area contributed by atoms with Gasteiger partial charge < -0.3 is 4.74 Å². The van der Waals surface area contributed by atoms with Gasteiger partial charge in [-0.1, -0.05) is 48.5 Å². The summed E-state index contributed by atoms with van der Waals surface area (Å²) in [6.07, 6.45) is 0.490. The first-order valence-corrected chi connectivity index (χ1v) is 9.84. The van der Waals surface area contributed by atoms with Gasteiger partial charge in [0.1, 0.15) is 18.2 Å². The van der Waals surface area contributed by atoms with Gasteiger partial charge in [-0.2, -0.15) is 0 Å². The number of Topliss-reactive ketones (excluding diaryl/α,β-unsaturated/α-hetero) is 1. The van der Waals surface area contributed by atoms with E-state index in [1.165, 1.54) is 11.0 Å². The molecule has 2 aromatic rings. The van der Waals surface area contributed by atoms with E-state index in [1.54, 1.807) is 18.2 Å². The Kier molecular flexibility index (Phi) is 5.43. The molecule has 2 aromatic carbocycles. The first-order valence-electron chi connectivity index (χ1n) is 9.84. The molecule has 3 atom stereocenters. The van der Waals surface area contributed by atoms with Gasteiger partial charge in [0.05, 0.1) is 6.04 Å². The molecule has 0 radical (unpaired) electrons. The van der Waals surface area contributed by atoms with Crippen LogP contribution in [-0.2, 0) is 20.7 Å². The Bertz CT molecular complexity index is 929. The molecule has 1 saturated carbocycles. The van der Waals surface area contributed by atoms with Gasteiger partial charge in [-0.05, 0) is 30.0 Å². The summed E-state index contributed by atoms with van der Waals surface area (Å²) < 4.78 is 19.6. The van der Waals surface area contributed by atoms with Crippen molar-refractivity contribution in [1.29, 1.82) is 0 Å². The molecule has 0 unspecified atom stereocenters. The lowest BCUT2D eigenvalue weighted by Gasteiger charge is -2.33. The highest BCUT2D eigenvalue weighted by molar-refractivity contribution is 5.96. The van der Waals surface area contributed by atoms with Gasteiger partial charge in [0.2, 0.25) is 5.91 Å². The molecule has 1 aliphatic carbocycles. The predicted molar refractivity (Wildman–Crippen MR) is 104 cm³/mol. The minimum Gasteiger partial charge on any atom is -0.447 e. The Hall–Kier alpha value is -3.02. The lowest BCUT2D eigenvalue weighted by molar-refractivity contribution is -0.136. The van der Waals surface area contributed by atoms with Crippen LogP contribution in [0.3, 0.4) is 0 Å². The van der Waals surface area contributed by atoms with E-state index in [1.807, 2.05) is 30.3 Å². The van der Waals surface area contributed by atoms with Crippen LogP contribution in [0.25, 0.3) is 0 Å². The zero-order valence-electron chi connectivity index (χ0n) is 15.9. The van der Waals surface area contributed by atoms with Crippen LogP contribution in [0, 0.1) is 11.7 Å². The van der Waals surface area contributed by atoms with Crippen molar-refractivity contribution in [3.63, 3.8) is 0 Å². The van der Waals surface area contributed by atoms with Crippen molar-refractivity contribution in [2.45, 2.75) is 37.6 Å². The van der Waals surface area contributed by atoms with Crippen LogP contribution < -0.4 is 0 Å². The number of nitrogens with zero attached hydrogens (tertiary/aromatic N) is 1. The first kappa shape index (κ1) is 19.3. The average Bonchev–Trinajstić information content (AvgIpc) is 3.08. The van der Waals surface area contributed by atoms with Gasteiger partial charge in [0.25, 0.3) is 0 Å². The third-order valence-corrected chi connectivity index (χ3v) is 5.80. The minimum absolute atomic E-state index is 0.00661. The molecule has 2 aliphatic rings. The van der Waals surface area contributed by atoms with E-state index in [4.69, 9.17) is 4.74 Å². The van der Waals surface area contributed by atoms with E-state index in [-0.39, 0.29) is 31.1 Å². The maximum absolute atomic E-state index is 14.4. The summed E-state index contributed by atoms with van der Waals surface area (Å²) in [7, 11) is 0. The lowest BCUT2D eigenvalue weighted by atomic mass is 9.74. The number of carbonyl (C=O) groups is 3. The standard InChI is InChI=1S/C23H22FNO4/c24-21-9-5-4-8-18(21)20-13-17(26)10-11-19(20)22(27)25-16(14-29-23(25)28)12-15-6-2-1-3-7-15/h1-9,16,19-20H,10-14H2/t16-,19-,20-/m1/s1. The molecule has 2 amide bonds. The number of ketones is 1. The molecule has 29 heavy (non-hydrogen) atoms. The Labute approximate surface area is 168 Å². The zero-order valence-corrected chi connectivity index (χ0v) is 15.9. The average molecular weight is 395 g/mol. The number of hydrogen-bond donors (Lipinski definition) is 0. The van der Waals surface area contributed by atoms with E-state index in [2.05, 4.69) is 0 Å². The van der Waals surface area contributed by atoms with Crippen molar-refractivity contribution in [2.24, 2.45) is 5.92 Å². The molecule has 6 heteroatoms. The monoisotopic (exact) mass is 395 g/mol. The normalized spacial score (nSPS) is 24.4. The molecule has 0 bridgehead atoms. The van der Waals surface area contributed by atoms with Crippen LogP contribution in [0.5, 0.6) is 0 Å². The quantitative estimate of drug-likeness (QED) is 0.788. The number of benzene rings is 2. The van der Waals surface area contributed by atoms with Crippen LogP contribution in [-0.4, -0.2) is 35.3 Å². The topological polar surface area (TPSA) is 63.7 Å². The number of hydrogen-bond acceptors (Lipinski definition) is 4. The molecule has 1 aliphatic heterocycles. The number of ether oxygens (including phenoxy) is 1. The van der Waals surface area contributed by atoms with E-state index in [0.29, 0.717) is 18.4 Å². The molecule has 5 nitrogen and oxygen atoms in total. The second-order valence-electron chi connectivity index (χ2n) is 7.64. The molecular formula is C23H22FNO4. The fourth-order valence-corrected chi connectivity index (χ4v) is 4.35. The second-order valence-corrected chi connectivity index (χ2v) is 7.64. The van der Waals surface area contributed by atoms with Gasteiger partial charge in [-0.3, -0.25) is 9.59 Å². The summed E-state index contributed by atoms with van der Waals surface area (Å²) in [4.78, 5) is 39.0. The summed E-state index contributed by atoms with van der Waals surface area (Å²) in [5.74, 6) is -2.01. The third-order valence-electron chi connectivity index (χ3n) is 5.80. The fourth-order valence-electron chi connectivity index (χ4n) is 4.35. The molecule has 1 saturated heterocycles. The van der Waals surface area contributed by atoms with Crippen LogP contribution >= 0.6 is 0 Å². The summed E-state index contributed by atoms with van der Waals surface area (Å²) in [6.45, 7) is 0.134. The number of halogens is 1. The Morgan fingerprint density at radius 2 is 1.79 bits per heavy atom. The summed E-state index contributed by atoms with van der Waals surface area (Å²) >= 11 is 0. The highest BCUT2D eigenvalue weighted by Crippen LogP contribution is 2.39. The van der Waals surface area contributed by atoms with Crippen molar-refractivity contribution in [3.8, 4) is 0 Å². The predicted octanol–water partition coefficient (Wildman–Crippen LogP) is 3.87. The summed E-state index contributed by atoms with van der Waals surface area (Å²) in [5.41, 5.74) is 1.35. The van der Waals surface area contributed by atoms with Gasteiger partial charge in [0, 0.05) is 24.7 Å². The van der Waals surface area contributed by atoms with Crippen molar-refractivity contribution >= 4 is 17.8 Å². The van der Waals surface area contributed by atoms with Crippen molar-refractivity contribution in [2.75, 3.05) is 6.61 Å². The molecular weight excluding hydrogens is 373 g/mol. The van der Waals surface area contributed by atoms with Crippen LogP contribution in [0.15, 0.2) is 54.6 Å². The van der Waals surface area contributed by atoms with Gasteiger partial charge in [0.15, 0.2) is 0 Å². The fraction of sp³-hybridized carbons (Fsp3) is 0.348. The molecule has 4 rings (SSSR count). The highest BCUT2D eigenvalue weighted by Gasteiger charge is 2.45. The molecule has 0 N–H and O–H groups in total. The van der Waals surface area contributed by atoms with Crippen LogP contribution in [0.1, 0.15) is 36.3 Å². The SMILES string of the molecule is O=C1CC[C@@H](C(=O)N2C(=O)OC[C@H]2Cc2ccccc2)[C@@H](c2ccccc2F)C1. The van der Waals surface area contributed by atoms with Gasteiger partial charge >= 0.3 is 6.09 Å². The van der Waals surface area contributed by atoms with Gasteiger partial charge in [-0.15, -0.1) is 0 Å². The second kappa shape index (κ2) is 8.15. The van der Waals surface area contributed by atoms with Gasteiger partial charge in [-0.25, -0.2) is 14.1 Å². The molecule has 2 fully saturated rings. The van der Waals surface area contributed by atoms with Crippen molar-refractivity contribution < 1.29 is 23.5 Å². The summed E-state index contributed by atoms with van der Waals surface area (Å²) in [5, 5.41) is 0. The highest BCUT2D eigenvalue weighted by atomic mass is 19.1. The number of imide groups is 1. The van der Waals surface area contributed by atoms with Crippen LogP contribution in [0.2, 0.25) is 0 Å². The van der Waals surface area contributed by atoms with E-state index in [0.717, 1.165) is 5.56 Å². The number of rotatable bonds is 4. The first-order chi connectivity index (χ1) is 14.0. The molecule has 0 aromatic heterocycles. The largest absolute Gasteiger partial charge is 0.447 e. The third kappa shape index (κ3) is 3.92. The number of carbonyl (C=O) groups excluding carboxylic acids is 3. The Morgan fingerprint density at radius 1 is 1.07 bits per heavy atom. The smallest absolute Gasteiger partial charge is 0.416 e. The Balaban J connectivity index is 1.60. The van der Waals surface area contributed by atoms with Crippen molar-refractivity contribution in [1.82, 2.24) is 4.90 Å². The van der Waals surface area contributed by atoms with E-state index in [9.17, 15) is 18.8 Å². The van der Waals surface area contributed by atoms with Crippen LogP contribution in [0.4, 0.5) is 9.18 Å². The van der Waals surface area contributed by atoms with E-state index < -0.39 is 29.8 Å². The Morgan fingerprint density at radius 3 is 2.55 bits per heavy atom. The molecule has 1 heterocycles. The maximum Gasteiger partial charge on any atom is 0.416 e. The minimum atomic E-state index is -0.667.